The minimum absolute atomic E-state index is 0.0676. The number of ether oxygens (including phenoxy) is 2. The molecule has 2 aromatic rings. The van der Waals surface area contributed by atoms with Gasteiger partial charge in [-0.2, -0.15) is 18.2 Å². The summed E-state index contributed by atoms with van der Waals surface area (Å²) in [6.07, 6.45) is -5.25. The van der Waals surface area contributed by atoms with Crippen LogP contribution in [0.3, 0.4) is 0 Å². The highest BCUT2D eigenvalue weighted by molar-refractivity contribution is 5.91. The average Bonchev–Trinajstić information content (AvgIpc) is 3.31. The Hall–Kier alpha value is -3.26. The molecule has 1 saturated carbocycles. The third-order valence-electron chi connectivity index (χ3n) is 5.88. The van der Waals surface area contributed by atoms with Gasteiger partial charge in [-0.15, -0.1) is 0 Å². The molecule has 176 valence electrons. The van der Waals surface area contributed by atoms with Gasteiger partial charge < -0.3 is 25.2 Å². The van der Waals surface area contributed by atoms with Crippen LogP contribution in [0.15, 0.2) is 12.3 Å². The summed E-state index contributed by atoms with van der Waals surface area (Å²) in [5.74, 6) is -0.330. The molecule has 5 rings (SSSR count). The Labute approximate surface area is 185 Å². The van der Waals surface area contributed by atoms with Gasteiger partial charge in [-0.05, 0) is 12.8 Å². The number of aliphatic hydroxyl groups is 1. The summed E-state index contributed by atoms with van der Waals surface area (Å²) >= 11 is 0. The van der Waals surface area contributed by atoms with Crippen molar-refractivity contribution in [2.45, 2.75) is 37.3 Å². The summed E-state index contributed by atoms with van der Waals surface area (Å²) in [6, 6.07) is 0.778. The molecule has 4 heterocycles. The fourth-order valence-electron chi connectivity index (χ4n) is 4.32. The topological polar surface area (TPSA) is 140 Å². The highest BCUT2D eigenvalue weighted by atomic mass is 19.4. The van der Waals surface area contributed by atoms with E-state index in [-0.39, 0.29) is 17.5 Å². The molecule has 11 nitrogen and oxygen atoms in total. The van der Waals surface area contributed by atoms with Crippen LogP contribution in [0.2, 0.25) is 0 Å². The van der Waals surface area contributed by atoms with Crippen LogP contribution in [0.1, 0.15) is 18.5 Å². The number of hydrogen-bond acceptors (Lipinski definition) is 10. The van der Waals surface area contributed by atoms with Crippen molar-refractivity contribution in [2.24, 2.45) is 0 Å². The predicted octanol–water partition coefficient (Wildman–Crippen LogP) is 1.22. The molecular weight excluding hydrogens is 447 g/mol. The van der Waals surface area contributed by atoms with Crippen LogP contribution < -0.4 is 15.5 Å². The van der Waals surface area contributed by atoms with E-state index in [1.807, 2.05) is 0 Å². The maximum Gasteiger partial charge on any atom is 0.434 e. The first-order chi connectivity index (χ1) is 15.7. The second-order valence-electron chi connectivity index (χ2n) is 7.93. The first kappa shape index (κ1) is 21.6. The van der Waals surface area contributed by atoms with Gasteiger partial charge in [0, 0.05) is 30.9 Å². The van der Waals surface area contributed by atoms with E-state index in [4.69, 9.17) is 15.2 Å². The predicted molar refractivity (Wildman–Crippen MR) is 107 cm³/mol. The lowest BCUT2D eigenvalue weighted by Gasteiger charge is -2.28. The van der Waals surface area contributed by atoms with E-state index in [0.717, 1.165) is 6.20 Å². The quantitative estimate of drug-likeness (QED) is 0.677. The van der Waals surface area contributed by atoms with Crippen LogP contribution in [-0.2, 0) is 15.7 Å². The first-order valence-electron chi connectivity index (χ1n) is 10.3. The van der Waals surface area contributed by atoms with Gasteiger partial charge in [0.05, 0.1) is 31.1 Å². The molecule has 2 aliphatic heterocycles. The number of nitrogens with zero attached hydrogens (tertiary/aromatic N) is 6. The summed E-state index contributed by atoms with van der Waals surface area (Å²) in [4.78, 5) is 31.5. The monoisotopic (exact) mass is 467 g/mol. The summed E-state index contributed by atoms with van der Waals surface area (Å²) < 4.78 is 51.8. The SMILES string of the molecule is Nc1ncc(-c2cc(N3C(=O)O[C@@H]4C3CC[C@H]4O)nc(N3CCOCC3)n2)c(C(F)(F)F)n1. The Morgan fingerprint density at radius 1 is 1.15 bits per heavy atom. The number of anilines is 3. The lowest BCUT2D eigenvalue weighted by Crippen LogP contribution is -2.39. The van der Waals surface area contributed by atoms with Gasteiger partial charge in [-0.1, -0.05) is 0 Å². The first-order valence-corrected chi connectivity index (χ1v) is 10.3. The fourth-order valence-corrected chi connectivity index (χ4v) is 4.32. The Balaban J connectivity index is 1.64. The molecule has 14 heteroatoms. The smallest absolute Gasteiger partial charge is 0.434 e. The van der Waals surface area contributed by atoms with Gasteiger partial charge in [-0.3, -0.25) is 4.90 Å². The molecule has 0 radical (unpaired) electrons. The Bertz CT molecular complexity index is 1080. The number of carbonyl (C=O) groups excluding carboxylic acids is 1. The van der Waals surface area contributed by atoms with Crippen molar-refractivity contribution >= 4 is 23.8 Å². The number of fused-ring (bicyclic) bond motifs is 1. The van der Waals surface area contributed by atoms with Crippen molar-refractivity contribution in [3.8, 4) is 11.3 Å². The number of rotatable bonds is 3. The van der Waals surface area contributed by atoms with E-state index in [2.05, 4.69) is 19.9 Å². The van der Waals surface area contributed by atoms with Crippen molar-refractivity contribution in [2.75, 3.05) is 41.8 Å². The molecule has 2 saturated heterocycles. The normalized spacial score (nSPS) is 25.3. The standard InChI is InChI=1S/C19H20F3N7O4/c20-19(21,22)15-9(8-24-16(23)27-15)10-7-13(26-17(25-10)28-3-5-32-6-4-28)29-11-1-2-12(30)14(11)33-18(29)31/h7-8,11-12,14,30H,1-6H2,(H2,23,24,27)/t11?,12-,14-/m1/s1. The molecule has 0 bridgehead atoms. The van der Waals surface area contributed by atoms with E-state index in [1.165, 1.54) is 11.0 Å². The van der Waals surface area contributed by atoms with Crippen molar-refractivity contribution in [1.82, 2.24) is 19.9 Å². The Morgan fingerprint density at radius 3 is 2.64 bits per heavy atom. The maximum absolute atomic E-state index is 13.7. The zero-order valence-corrected chi connectivity index (χ0v) is 17.2. The minimum atomic E-state index is -4.82. The molecule has 3 aliphatic rings. The molecular formula is C19H20F3N7O4. The van der Waals surface area contributed by atoms with Gasteiger partial charge in [0.25, 0.3) is 0 Å². The van der Waals surface area contributed by atoms with Crippen LogP contribution in [0.4, 0.5) is 35.7 Å². The number of alkyl halides is 3. The minimum Gasteiger partial charge on any atom is -0.441 e. The molecule has 1 aliphatic carbocycles. The van der Waals surface area contributed by atoms with Crippen molar-refractivity contribution in [1.29, 1.82) is 0 Å². The Morgan fingerprint density at radius 2 is 1.91 bits per heavy atom. The molecule has 0 aromatic carbocycles. The number of hydrogen-bond donors (Lipinski definition) is 2. The van der Waals surface area contributed by atoms with Crippen molar-refractivity contribution in [3.63, 3.8) is 0 Å². The second-order valence-corrected chi connectivity index (χ2v) is 7.93. The zero-order valence-electron chi connectivity index (χ0n) is 17.2. The molecule has 3 N–H and O–H groups in total. The van der Waals surface area contributed by atoms with Crippen molar-refractivity contribution < 1.29 is 32.5 Å². The van der Waals surface area contributed by atoms with Crippen LogP contribution in [0.25, 0.3) is 11.3 Å². The van der Waals surface area contributed by atoms with E-state index in [1.54, 1.807) is 4.90 Å². The largest absolute Gasteiger partial charge is 0.441 e. The molecule has 2 aromatic heterocycles. The third-order valence-corrected chi connectivity index (χ3v) is 5.88. The molecule has 33 heavy (non-hydrogen) atoms. The highest BCUT2D eigenvalue weighted by Gasteiger charge is 2.51. The summed E-state index contributed by atoms with van der Waals surface area (Å²) in [5.41, 5.74) is 3.63. The molecule has 3 fully saturated rings. The van der Waals surface area contributed by atoms with Crippen LogP contribution in [-0.4, -0.2) is 75.7 Å². The number of nitrogen functional groups attached to an aromatic ring is 1. The Kier molecular flexibility index (Phi) is 5.20. The van der Waals surface area contributed by atoms with E-state index < -0.39 is 47.7 Å². The molecule has 0 spiro atoms. The van der Waals surface area contributed by atoms with Gasteiger partial charge in [0.2, 0.25) is 11.9 Å². The maximum atomic E-state index is 13.7. The number of halogens is 3. The van der Waals surface area contributed by atoms with Gasteiger partial charge >= 0.3 is 12.3 Å². The number of amides is 1. The number of aliphatic hydroxyl groups excluding tert-OH is 1. The summed E-state index contributed by atoms with van der Waals surface area (Å²) in [5, 5.41) is 10.1. The molecule has 3 atom stereocenters. The molecule has 1 unspecified atom stereocenters. The lowest BCUT2D eigenvalue weighted by molar-refractivity contribution is -0.140. The van der Waals surface area contributed by atoms with E-state index in [0.29, 0.717) is 39.1 Å². The number of carbonyl (C=O) groups is 1. The average molecular weight is 467 g/mol. The number of morpholine rings is 1. The lowest BCUT2D eigenvalue weighted by atomic mass is 10.1. The van der Waals surface area contributed by atoms with E-state index in [9.17, 15) is 23.1 Å². The fraction of sp³-hybridized carbons (Fsp3) is 0.526. The molecule has 1 amide bonds. The van der Waals surface area contributed by atoms with E-state index >= 15 is 0 Å². The number of nitrogens with two attached hydrogens (primary N) is 1. The van der Waals surface area contributed by atoms with Gasteiger partial charge in [0.15, 0.2) is 11.8 Å². The second kappa shape index (κ2) is 7.95. The summed E-state index contributed by atoms with van der Waals surface area (Å²) in [7, 11) is 0. The number of aromatic nitrogens is 4. The van der Waals surface area contributed by atoms with Crippen molar-refractivity contribution in [3.05, 3.63) is 18.0 Å². The van der Waals surface area contributed by atoms with Crippen LogP contribution in [0, 0.1) is 0 Å². The van der Waals surface area contributed by atoms with Crippen LogP contribution >= 0.6 is 0 Å². The third kappa shape index (κ3) is 3.88. The van der Waals surface area contributed by atoms with Gasteiger partial charge in [0.1, 0.15) is 5.82 Å². The summed E-state index contributed by atoms with van der Waals surface area (Å²) in [6.45, 7) is 1.62. The van der Waals surface area contributed by atoms with Crippen LogP contribution in [0.5, 0.6) is 0 Å². The highest BCUT2D eigenvalue weighted by Crippen LogP contribution is 2.40. The zero-order chi connectivity index (χ0) is 23.3. The van der Waals surface area contributed by atoms with Gasteiger partial charge in [-0.25, -0.2) is 19.7 Å².